The van der Waals surface area contributed by atoms with Crippen molar-refractivity contribution in [2.24, 2.45) is 0 Å². The molecule has 1 amide bonds. The summed E-state index contributed by atoms with van der Waals surface area (Å²) in [7, 11) is 3.27. The molecular weight excluding hydrogens is 342 g/mol. The van der Waals surface area contributed by atoms with Crippen LogP contribution in [-0.4, -0.2) is 26.2 Å². The monoisotopic (exact) mass is 367 g/mol. The SMILES string of the molecule is COc1ccc(C2CC(C(=O)Nc3ccc4c(c3)CCC4)NN2)c(OC)c1. The third-order valence-corrected chi connectivity index (χ3v) is 5.40. The van der Waals surface area contributed by atoms with Crippen LogP contribution in [0.2, 0.25) is 0 Å². The summed E-state index contributed by atoms with van der Waals surface area (Å²) in [5.41, 5.74) is 10.9. The van der Waals surface area contributed by atoms with Crippen molar-refractivity contribution in [2.75, 3.05) is 19.5 Å². The Bertz CT molecular complexity index is 853. The van der Waals surface area contributed by atoms with E-state index in [0.717, 1.165) is 35.6 Å². The van der Waals surface area contributed by atoms with Crippen LogP contribution in [0.15, 0.2) is 36.4 Å². The molecule has 2 aromatic carbocycles. The number of hydrogen-bond donors (Lipinski definition) is 3. The summed E-state index contributed by atoms with van der Waals surface area (Å²) in [5, 5.41) is 3.04. The Hall–Kier alpha value is -2.57. The molecule has 0 saturated carbocycles. The number of fused-ring (bicyclic) bond motifs is 1. The minimum atomic E-state index is -0.310. The molecule has 2 aliphatic rings. The highest BCUT2D eigenvalue weighted by atomic mass is 16.5. The van der Waals surface area contributed by atoms with E-state index in [2.05, 4.69) is 28.3 Å². The molecule has 2 atom stereocenters. The normalized spacial score (nSPS) is 21.0. The van der Waals surface area contributed by atoms with Gasteiger partial charge in [-0.2, -0.15) is 0 Å². The summed E-state index contributed by atoms with van der Waals surface area (Å²) in [4.78, 5) is 12.7. The van der Waals surface area contributed by atoms with Crippen LogP contribution >= 0.6 is 0 Å². The maximum atomic E-state index is 12.7. The first-order valence-corrected chi connectivity index (χ1v) is 9.33. The average Bonchev–Trinajstić information content (AvgIpc) is 3.36. The zero-order valence-electron chi connectivity index (χ0n) is 15.7. The third kappa shape index (κ3) is 3.63. The first-order valence-electron chi connectivity index (χ1n) is 9.33. The molecule has 4 rings (SSSR count). The van der Waals surface area contributed by atoms with Crippen LogP contribution in [0.1, 0.15) is 35.6 Å². The number of nitrogens with one attached hydrogen (secondary N) is 3. The second-order valence-corrected chi connectivity index (χ2v) is 7.06. The van der Waals surface area contributed by atoms with Gasteiger partial charge in [-0.1, -0.05) is 12.1 Å². The zero-order chi connectivity index (χ0) is 18.8. The van der Waals surface area contributed by atoms with Gasteiger partial charge < -0.3 is 14.8 Å². The maximum absolute atomic E-state index is 12.7. The molecule has 27 heavy (non-hydrogen) atoms. The molecule has 6 nitrogen and oxygen atoms in total. The Morgan fingerprint density at radius 3 is 2.70 bits per heavy atom. The number of hydrazine groups is 1. The lowest BCUT2D eigenvalue weighted by Gasteiger charge is -2.15. The largest absolute Gasteiger partial charge is 0.497 e. The van der Waals surface area contributed by atoms with E-state index in [1.807, 2.05) is 24.3 Å². The van der Waals surface area contributed by atoms with Gasteiger partial charge in [0, 0.05) is 17.3 Å². The lowest BCUT2D eigenvalue weighted by Crippen LogP contribution is -2.39. The van der Waals surface area contributed by atoms with Gasteiger partial charge in [-0.3, -0.25) is 4.79 Å². The number of rotatable bonds is 5. The number of ether oxygens (including phenoxy) is 2. The summed E-state index contributed by atoms with van der Waals surface area (Å²) >= 11 is 0. The summed E-state index contributed by atoms with van der Waals surface area (Å²) < 4.78 is 10.7. The van der Waals surface area contributed by atoms with E-state index >= 15 is 0 Å². The second-order valence-electron chi connectivity index (χ2n) is 7.06. The second kappa shape index (κ2) is 7.58. The van der Waals surface area contributed by atoms with Crippen LogP contribution in [0, 0.1) is 0 Å². The van der Waals surface area contributed by atoms with Crippen molar-refractivity contribution in [3.8, 4) is 11.5 Å². The summed E-state index contributed by atoms with van der Waals surface area (Å²) in [6.07, 6.45) is 4.08. The molecule has 2 unspecified atom stereocenters. The van der Waals surface area contributed by atoms with Gasteiger partial charge >= 0.3 is 0 Å². The Morgan fingerprint density at radius 1 is 1.04 bits per heavy atom. The molecule has 0 radical (unpaired) electrons. The van der Waals surface area contributed by atoms with Crippen LogP contribution < -0.4 is 25.6 Å². The van der Waals surface area contributed by atoms with Crippen molar-refractivity contribution in [3.63, 3.8) is 0 Å². The molecule has 1 saturated heterocycles. The molecule has 142 valence electrons. The topological polar surface area (TPSA) is 71.6 Å². The van der Waals surface area contributed by atoms with Crippen molar-refractivity contribution in [1.29, 1.82) is 0 Å². The zero-order valence-corrected chi connectivity index (χ0v) is 15.7. The minimum absolute atomic E-state index is 0.0124. The Kier molecular flexibility index (Phi) is 5.01. The van der Waals surface area contributed by atoms with E-state index in [-0.39, 0.29) is 18.0 Å². The first kappa shape index (κ1) is 17.8. The van der Waals surface area contributed by atoms with Crippen LogP contribution in [0.4, 0.5) is 5.69 Å². The van der Waals surface area contributed by atoms with Gasteiger partial charge in [-0.15, -0.1) is 0 Å². The molecule has 1 aliphatic carbocycles. The van der Waals surface area contributed by atoms with E-state index in [9.17, 15) is 4.79 Å². The van der Waals surface area contributed by atoms with E-state index in [1.165, 1.54) is 17.5 Å². The van der Waals surface area contributed by atoms with Crippen LogP contribution in [-0.2, 0) is 17.6 Å². The molecule has 0 bridgehead atoms. The predicted molar refractivity (Wildman–Crippen MR) is 104 cm³/mol. The van der Waals surface area contributed by atoms with Gasteiger partial charge in [-0.05, 0) is 55.0 Å². The number of aryl methyl sites for hydroxylation is 2. The maximum Gasteiger partial charge on any atom is 0.242 e. The lowest BCUT2D eigenvalue weighted by atomic mass is 10.0. The highest BCUT2D eigenvalue weighted by molar-refractivity contribution is 5.95. The number of benzene rings is 2. The number of hydrogen-bond acceptors (Lipinski definition) is 5. The lowest BCUT2D eigenvalue weighted by molar-refractivity contribution is -0.117. The van der Waals surface area contributed by atoms with E-state index < -0.39 is 0 Å². The standard InChI is InChI=1S/C21H25N3O3/c1-26-16-8-9-17(20(11-16)27-2)18-12-19(24-23-18)21(25)22-15-7-6-13-4-3-5-14(13)10-15/h6-11,18-19,23-24H,3-5,12H2,1-2H3,(H,22,25). The van der Waals surface area contributed by atoms with Gasteiger partial charge in [-0.25, -0.2) is 10.9 Å². The molecule has 3 N–H and O–H groups in total. The van der Waals surface area contributed by atoms with Crippen molar-refractivity contribution >= 4 is 11.6 Å². The summed E-state index contributed by atoms with van der Waals surface area (Å²) in [6, 6.07) is 11.6. The molecule has 6 heteroatoms. The van der Waals surface area contributed by atoms with E-state index in [1.54, 1.807) is 14.2 Å². The molecule has 0 aromatic heterocycles. The molecule has 1 aliphatic heterocycles. The Morgan fingerprint density at radius 2 is 1.89 bits per heavy atom. The van der Waals surface area contributed by atoms with Crippen molar-refractivity contribution in [3.05, 3.63) is 53.1 Å². The molecule has 0 spiro atoms. The van der Waals surface area contributed by atoms with Crippen molar-refractivity contribution in [2.45, 2.75) is 37.8 Å². The van der Waals surface area contributed by atoms with Crippen LogP contribution in [0.25, 0.3) is 0 Å². The average molecular weight is 367 g/mol. The predicted octanol–water partition coefficient (Wildman–Crippen LogP) is 2.74. The third-order valence-electron chi connectivity index (χ3n) is 5.40. The quantitative estimate of drug-likeness (QED) is 0.758. The summed E-state index contributed by atoms with van der Waals surface area (Å²) in [5.74, 6) is 1.45. The van der Waals surface area contributed by atoms with Gasteiger partial charge in [0.2, 0.25) is 5.91 Å². The highest BCUT2D eigenvalue weighted by Gasteiger charge is 2.32. The van der Waals surface area contributed by atoms with E-state index in [4.69, 9.17) is 9.47 Å². The number of amides is 1. The van der Waals surface area contributed by atoms with Gasteiger partial charge in [0.15, 0.2) is 0 Å². The molecule has 1 fully saturated rings. The van der Waals surface area contributed by atoms with Crippen LogP contribution in [0.3, 0.4) is 0 Å². The fourth-order valence-electron chi connectivity index (χ4n) is 3.92. The van der Waals surface area contributed by atoms with Crippen LogP contribution in [0.5, 0.6) is 11.5 Å². The van der Waals surface area contributed by atoms with E-state index in [0.29, 0.717) is 6.42 Å². The molecule has 1 heterocycles. The number of carbonyl (C=O) groups excluding carboxylic acids is 1. The Balaban J connectivity index is 1.42. The molecule has 2 aromatic rings. The van der Waals surface area contributed by atoms with Gasteiger partial charge in [0.05, 0.1) is 20.3 Å². The molecular formula is C21H25N3O3. The number of anilines is 1. The van der Waals surface area contributed by atoms with Gasteiger partial charge in [0.25, 0.3) is 0 Å². The number of methoxy groups -OCH3 is 2. The minimum Gasteiger partial charge on any atom is -0.497 e. The first-order chi connectivity index (χ1) is 13.2. The fourth-order valence-corrected chi connectivity index (χ4v) is 3.92. The van der Waals surface area contributed by atoms with Gasteiger partial charge in [0.1, 0.15) is 17.5 Å². The Labute approximate surface area is 159 Å². The number of carbonyl (C=O) groups is 1. The summed E-state index contributed by atoms with van der Waals surface area (Å²) in [6.45, 7) is 0. The smallest absolute Gasteiger partial charge is 0.242 e. The highest BCUT2D eigenvalue weighted by Crippen LogP contribution is 2.33. The van der Waals surface area contributed by atoms with Crippen molar-refractivity contribution in [1.82, 2.24) is 10.9 Å². The van der Waals surface area contributed by atoms with Crippen molar-refractivity contribution < 1.29 is 14.3 Å². The fraction of sp³-hybridized carbons (Fsp3) is 0.381.